The van der Waals surface area contributed by atoms with E-state index in [1.54, 1.807) is 24.8 Å². The van der Waals surface area contributed by atoms with E-state index in [4.69, 9.17) is 4.74 Å². The Labute approximate surface area is 132 Å². The van der Waals surface area contributed by atoms with Gasteiger partial charge in [0.15, 0.2) is 0 Å². The lowest BCUT2D eigenvalue weighted by Crippen LogP contribution is -2.46. The van der Waals surface area contributed by atoms with Crippen LogP contribution in [0.5, 0.6) is 5.75 Å². The number of nitrogens with one attached hydrogen (secondary N) is 1. The third-order valence-electron chi connectivity index (χ3n) is 3.45. The first-order valence-electron chi connectivity index (χ1n) is 7.22. The molecule has 1 atom stereocenters. The molecule has 0 fully saturated rings. The van der Waals surface area contributed by atoms with Crippen molar-refractivity contribution in [3.05, 3.63) is 23.8 Å². The molecule has 0 aliphatic carbocycles. The van der Waals surface area contributed by atoms with Gasteiger partial charge in [0.25, 0.3) is 0 Å². The number of nitrogens with zero attached hydrogens (tertiary/aromatic N) is 1. The van der Waals surface area contributed by atoms with Crippen LogP contribution in [0, 0.1) is 6.92 Å². The van der Waals surface area contributed by atoms with Crippen molar-refractivity contribution >= 4 is 15.9 Å². The molecule has 22 heavy (non-hydrogen) atoms. The lowest BCUT2D eigenvalue weighted by molar-refractivity contribution is -0.132. The van der Waals surface area contributed by atoms with Crippen molar-refractivity contribution in [3.8, 4) is 5.75 Å². The number of benzene rings is 1. The fourth-order valence-electron chi connectivity index (χ4n) is 2.18. The fraction of sp³-hybridized carbons (Fsp3) is 0.533. The number of carbonyl (C=O) groups is 1. The lowest BCUT2D eigenvalue weighted by atomic mass is 10.2. The maximum atomic E-state index is 12.4. The Balaban J connectivity index is 2.96. The summed E-state index contributed by atoms with van der Waals surface area (Å²) >= 11 is 0. The van der Waals surface area contributed by atoms with Crippen LogP contribution in [0.3, 0.4) is 0 Å². The van der Waals surface area contributed by atoms with Crippen LogP contribution >= 0.6 is 0 Å². The molecule has 0 aliphatic rings. The smallest absolute Gasteiger partial charge is 0.241 e. The van der Waals surface area contributed by atoms with Crippen LogP contribution in [-0.2, 0) is 14.8 Å². The van der Waals surface area contributed by atoms with Crippen molar-refractivity contribution in [1.29, 1.82) is 0 Å². The minimum Gasteiger partial charge on any atom is -0.496 e. The number of hydrogen-bond donors (Lipinski definition) is 1. The molecule has 0 heterocycles. The Kier molecular flexibility index (Phi) is 6.37. The van der Waals surface area contributed by atoms with Gasteiger partial charge in [-0.05, 0) is 51.5 Å². The van der Waals surface area contributed by atoms with Gasteiger partial charge in [-0.2, -0.15) is 4.72 Å². The van der Waals surface area contributed by atoms with Crippen LogP contribution in [0.2, 0.25) is 0 Å². The third kappa shape index (κ3) is 4.20. The summed E-state index contributed by atoms with van der Waals surface area (Å²) in [6.45, 7) is 8.12. The number of carbonyl (C=O) groups excluding carboxylic acids is 1. The minimum absolute atomic E-state index is 0.116. The van der Waals surface area contributed by atoms with Crippen LogP contribution in [0.15, 0.2) is 23.1 Å². The average molecular weight is 328 g/mol. The van der Waals surface area contributed by atoms with Crippen molar-refractivity contribution < 1.29 is 17.9 Å². The second-order valence-electron chi connectivity index (χ2n) is 4.98. The first kappa shape index (κ1) is 18.4. The molecule has 0 aliphatic heterocycles. The number of amides is 1. The molecular formula is C15H24N2O4S. The second-order valence-corrected chi connectivity index (χ2v) is 6.70. The van der Waals surface area contributed by atoms with Gasteiger partial charge in [0.05, 0.1) is 18.0 Å². The minimum atomic E-state index is -3.76. The van der Waals surface area contributed by atoms with Gasteiger partial charge in [-0.25, -0.2) is 8.42 Å². The highest BCUT2D eigenvalue weighted by atomic mass is 32.2. The zero-order valence-electron chi connectivity index (χ0n) is 13.7. The van der Waals surface area contributed by atoms with Crippen molar-refractivity contribution in [1.82, 2.24) is 9.62 Å². The molecule has 1 amide bonds. The summed E-state index contributed by atoms with van der Waals surface area (Å²) in [7, 11) is -2.23. The van der Waals surface area contributed by atoms with Gasteiger partial charge >= 0.3 is 0 Å². The second kappa shape index (κ2) is 7.60. The van der Waals surface area contributed by atoms with E-state index in [0.717, 1.165) is 0 Å². The molecule has 1 aromatic carbocycles. The number of likely N-dealkylation sites (N-methyl/N-ethyl adjacent to an activating group) is 1. The van der Waals surface area contributed by atoms with E-state index in [1.807, 2.05) is 13.8 Å². The van der Waals surface area contributed by atoms with E-state index in [1.165, 1.54) is 19.2 Å². The molecule has 124 valence electrons. The zero-order chi connectivity index (χ0) is 16.9. The predicted molar refractivity (Wildman–Crippen MR) is 85.4 cm³/mol. The molecule has 0 aromatic heterocycles. The number of sulfonamides is 1. The SMILES string of the molecule is CCN(CC)C(=O)[C@H](C)NS(=O)(=O)c1ccc(OC)c(C)c1. The van der Waals surface area contributed by atoms with E-state index >= 15 is 0 Å². The van der Waals surface area contributed by atoms with Gasteiger partial charge in [-0.1, -0.05) is 0 Å². The fourth-order valence-corrected chi connectivity index (χ4v) is 3.46. The van der Waals surface area contributed by atoms with Crippen LogP contribution in [0.25, 0.3) is 0 Å². The Morgan fingerprint density at radius 3 is 2.36 bits per heavy atom. The topological polar surface area (TPSA) is 75.7 Å². The van der Waals surface area contributed by atoms with E-state index in [-0.39, 0.29) is 10.8 Å². The standard InChI is InChI=1S/C15H24N2O4S/c1-6-17(7-2)15(18)12(4)16-22(19,20)13-8-9-14(21-5)11(3)10-13/h8-10,12,16H,6-7H2,1-5H3/t12-/m0/s1. The Morgan fingerprint density at radius 2 is 1.91 bits per heavy atom. The first-order valence-corrected chi connectivity index (χ1v) is 8.70. The predicted octanol–water partition coefficient (Wildman–Crippen LogP) is 1.54. The molecule has 0 bridgehead atoms. The molecule has 7 heteroatoms. The summed E-state index contributed by atoms with van der Waals surface area (Å²) in [6.07, 6.45) is 0. The van der Waals surface area contributed by atoms with Crippen molar-refractivity contribution in [2.75, 3.05) is 20.2 Å². The summed E-state index contributed by atoms with van der Waals surface area (Å²) in [5.41, 5.74) is 0.716. The van der Waals surface area contributed by atoms with E-state index < -0.39 is 16.1 Å². The highest BCUT2D eigenvalue weighted by molar-refractivity contribution is 7.89. The van der Waals surface area contributed by atoms with Gasteiger partial charge in [0.2, 0.25) is 15.9 Å². The molecule has 0 radical (unpaired) electrons. The summed E-state index contributed by atoms with van der Waals surface area (Å²) in [5, 5.41) is 0. The number of hydrogen-bond acceptors (Lipinski definition) is 4. The normalized spacial score (nSPS) is 12.8. The molecular weight excluding hydrogens is 304 g/mol. The van der Waals surface area contributed by atoms with E-state index in [9.17, 15) is 13.2 Å². The lowest BCUT2D eigenvalue weighted by Gasteiger charge is -2.23. The Bertz CT molecular complexity index is 624. The molecule has 1 rings (SSSR count). The Morgan fingerprint density at radius 1 is 1.32 bits per heavy atom. The molecule has 0 saturated heterocycles. The molecule has 6 nitrogen and oxygen atoms in total. The van der Waals surface area contributed by atoms with Crippen LogP contribution < -0.4 is 9.46 Å². The highest BCUT2D eigenvalue weighted by Gasteiger charge is 2.25. The van der Waals surface area contributed by atoms with Gasteiger partial charge in [-0.3, -0.25) is 4.79 Å². The maximum Gasteiger partial charge on any atom is 0.241 e. The Hall–Kier alpha value is -1.60. The van der Waals surface area contributed by atoms with E-state index in [0.29, 0.717) is 24.4 Å². The largest absolute Gasteiger partial charge is 0.496 e. The molecule has 1 N–H and O–H groups in total. The summed E-state index contributed by atoms with van der Waals surface area (Å²) < 4.78 is 32.3. The summed E-state index contributed by atoms with van der Waals surface area (Å²) in [6, 6.07) is 3.77. The van der Waals surface area contributed by atoms with Crippen LogP contribution in [0.4, 0.5) is 0 Å². The van der Waals surface area contributed by atoms with Crippen molar-refractivity contribution in [2.24, 2.45) is 0 Å². The van der Waals surface area contributed by atoms with Gasteiger partial charge in [0, 0.05) is 13.1 Å². The number of rotatable bonds is 7. The quantitative estimate of drug-likeness (QED) is 0.824. The van der Waals surface area contributed by atoms with Gasteiger partial charge < -0.3 is 9.64 Å². The average Bonchev–Trinajstić information content (AvgIpc) is 2.47. The third-order valence-corrected chi connectivity index (χ3v) is 4.99. The highest BCUT2D eigenvalue weighted by Crippen LogP contribution is 2.21. The monoisotopic (exact) mass is 328 g/mol. The number of methoxy groups -OCH3 is 1. The van der Waals surface area contributed by atoms with Gasteiger partial charge in [0.1, 0.15) is 5.75 Å². The maximum absolute atomic E-state index is 12.4. The zero-order valence-corrected chi connectivity index (χ0v) is 14.5. The summed E-state index contributed by atoms with van der Waals surface area (Å²) in [5.74, 6) is 0.380. The molecule has 0 spiro atoms. The van der Waals surface area contributed by atoms with E-state index in [2.05, 4.69) is 4.72 Å². The van der Waals surface area contributed by atoms with Crippen molar-refractivity contribution in [3.63, 3.8) is 0 Å². The van der Waals surface area contributed by atoms with Crippen LogP contribution in [-0.4, -0.2) is 45.5 Å². The van der Waals surface area contributed by atoms with Crippen LogP contribution in [0.1, 0.15) is 26.3 Å². The molecule has 0 saturated carbocycles. The first-order chi connectivity index (χ1) is 10.3. The number of aryl methyl sites for hydroxylation is 1. The molecule has 0 unspecified atom stereocenters. The molecule has 1 aromatic rings. The number of ether oxygens (including phenoxy) is 1. The van der Waals surface area contributed by atoms with Crippen molar-refractivity contribution in [2.45, 2.75) is 38.6 Å². The van der Waals surface area contributed by atoms with Gasteiger partial charge in [-0.15, -0.1) is 0 Å². The summed E-state index contributed by atoms with van der Waals surface area (Å²) in [4.78, 5) is 13.9.